The van der Waals surface area contributed by atoms with Crippen LogP contribution >= 0.6 is 0 Å². The predicted octanol–water partition coefficient (Wildman–Crippen LogP) is 2.85. The zero-order valence-electron chi connectivity index (χ0n) is 14.9. The van der Waals surface area contributed by atoms with Gasteiger partial charge in [0.05, 0.1) is 0 Å². The third-order valence-electron chi connectivity index (χ3n) is 5.43. The molecule has 0 radical (unpaired) electrons. The van der Waals surface area contributed by atoms with Gasteiger partial charge in [0.2, 0.25) is 0 Å². The molecule has 0 bridgehead atoms. The molecule has 26 heavy (non-hydrogen) atoms. The molecule has 1 aromatic heterocycles. The highest BCUT2D eigenvalue weighted by atomic mass is 16.2. The Hall–Kier alpha value is -2.40. The van der Waals surface area contributed by atoms with Crippen LogP contribution in [0.1, 0.15) is 52.0 Å². The van der Waals surface area contributed by atoms with Crippen molar-refractivity contribution in [2.75, 3.05) is 19.6 Å². The number of nitrogens with one attached hydrogen (secondary N) is 2. The lowest BCUT2D eigenvalue weighted by Gasteiger charge is -2.32. The summed E-state index contributed by atoms with van der Waals surface area (Å²) >= 11 is 0. The Bertz CT molecular complexity index is 755. The predicted molar refractivity (Wildman–Crippen MR) is 100 cm³/mol. The molecular formula is C21H25N3O2. The Kier molecular flexibility index (Phi) is 4.89. The first-order valence-corrected chi connectivity index (χ1v) is 9.51. The molecule has 0 atom stereocenters. The zero-order valence-corrected chi connectivity index (χ0v) is 14.9. The molecule has 2 N–H and O–H groups in total. The highest BCUT2D eigenvalue weighted by molar-refractivity contribution is 6.09. The normalized spacial score (nSPS) is 18.1. The van der Waals surface area contributed by atoms with Crippen LogP contribution in [0.4, 0.5) is 0 Å². The molecule has 4 rings (SSSR count). The van der Waals surface area contributed by atoms with Crippen LogP contribution in [0.25, 0.3) is 0 Å². The summed E-state index contributed by atoms with van der Waals surface area (Å²) in [6, 6.07) is 9.31. The third kappa shape index (κ3) is 3.88. The summed E-state index contributed by atoms with van der Waals surface area (Å²) in [5.41, 5.74) is 1.88. The van der Waals surface area contributed by atoms with E-state index in [-0.39, 0.29) is 11.7 Å². The third-order valence-corrected chi connectivity index (χ3v) is 5.43. The first kappa shape index (κ1) is 17.0. The summed E-state index contributed by atoms with van der Waals surface area (Å²) in [5.74, 6) is 0.918. The number of rotatable bonds is 6. The van der Waals surface area contributed by atoms with Crippen molar-refractivity contribution < 1.29 is 9.59 Å². The van der Waals surface area contributed by atoms with E-state index < -0.39 is 0 Å². The number of likely N-dealkylation sites (tertiary alicyclic amines) is 1. The van der Waals surface area contributed by atoms with Gasteiger partial charge in [0.15, 0.2) is 5.78 Å². The molecule has 0 spiro atoms. The van der Waals surface area contributed by atoms with Crippen LogP contribution in [-0.4, -0.2) is 47.3 Å². The summed E-state index contributed by atoms with van der Waals surface area (Å²) in [5, 5.41) is 3.64. The summed E-state index contributed by atoms with van der Waals surface area (Å²) in [6.07, 6.45) is 8.18. The molecule has 1 aliphatic heterocycles. The number of H-pyrrole nitrogens is 1. The fourth-order valence-corrected chi connectivity index (χ4v) is 3.52. The van der Waals surface area contributed by atoms with E-state index in [1.165, 1.54) is 12.8 Å². The number of hydrogen-bond donors (Lipinski definition) is 2. The van der Waals surface area contributed by atoms with Gasteiger partial charge in [-0.15, -0.1) is 0 Å². The fourth-order valence-electron chi connectivity index (χ4n) is 3.52. The van der Waals surface area contributed by atoms with Gasteiger partial charge in [0, 0.05) is 48.2 Å². The second kappa shape index (κ2) is 7.46. The lowest BCUT2D eigenvalue weighted by Crippen LogP contribution is -2.45. The number of carbonyl (C=O) groups is 2. The smallest absolute Gasteiger partial charge is 0.253 e. The number of benzene rings is 1. The van der Waals surface area contributed by atoms with E-state index in [1.807, 2.05) is 4.90 Å². The molecule has 1 aliphatic carbocycles. The average Bonchev–Trinajstić information content (AvgIpc) is 3.36. The highest BCUT2D eigenvalue weighted by Gasteiger charge is 2.26. The van der Waals surface area contributed by atoms with Gasteiger partial charge in [0.25, 0.3) is 5.91 Å². The Balaban J connectivity index is 1.32. The number of piperidine rings is 1. The molecule has 0 unspecified atom stereocenters. The van der Waals surface area contributed by atoms with E-state index >= 15 is 0 Å². The molecule has 2 aliphatic rings. The second-order valence-electron chi connectivity index (χ2n) is 7.42. The van der Waals surface area contributed by atoms with Crippen molar-refractivity contribution in [3.8, 4) is 0 Å². The van der Waals surface area contributed by atoms with E-state index in [2.05, 4.69) is 10.3 Å². The van der Waals surface area contributed by atoms with Crippen molar-refractivity contribution >= 4 is 11.7 Å². The van der Waals surface area contributed by atoms with E-state index in [0.717, 1.165) is 38.4 Å². The number of aromatic amines is 1. The van der Waals surface area contributed by atoms with E-state index in [0.29, 0.717) is 22.7 Å². The van der Waals surface area contributed by atoms with Gasteiger partial charge in [-0.1, -0.05) is 12.1 Å². The molecule has 1 saturated carbocycles. The average molecular weight is 351 g/mol. The summed E-state index contributed by atoms with van der Waals surface area (Å²) in [6.45, 7) is 2.73. The molecule has 2 fully saturated rings. The molecule has 1 saturated heterocycles. The highest BCUT2D eigenvalue weighted by Crippen LogP contribution is 2.28. The van der Waals surface area contributed by atoms with Crippen molar-refractivity contribution in [3.63, 3.8) is 0 Å². The Morgan fingerprint density at radius 3 is 2.27 bits per heavy atom. The number of aromatic nitrogens is 1. The number of ketones is 1. The minimum Gasteiger partial charge on any atom is -0.367 e. The lowest BCUT2D eigenvalue weighted by molar-refractivity contribution is 0.0704. The topological polar surface area (TPSA) is 65.2 Å². The minimum atomic E-state index is -0.0344. The van der Waals surface area contributed by atoms with Crippen LogP contribution in [-0.2, 0) is 0 Å². The first-order valence-electron chi connectivity index (χ1n) is 9.51. The van der Waals surface area contributed by atoms with Crippen molar-refractivity contribution in [2.24, 2.45) is 5.92 Å². The first-order chi connectivity index (χ1) is 12.7. The largest absolute Gasteiger partial charge is 0.367 e. The standard InChI is InChI=1S/C21H25N3O2/c25-20(18-7-10-22-14-18)16-3-5-17(6-4-16)21(26)24-11-8-19(9-12-24)23-13-15-1-2-15/h3-7,10,14-15,19,22-23H,1-2,8-9,11-13H2. The SMILES string of the molecule is O=C(c1ccc(C(=O)N2CCC(NCC3CC3)CC2)cc1)c1cc[nH]c1. The summed E-state index contributed by atoms with van der Waals surface area (Å²) in [4.78, 5) is 29.8. The van der Waals surface area contributed by atoms with Crippen LogP contribution in [0, 0.1) is 5.92 Å². The molecule has 136 valence electrons. The minimum absolute atomic E-state index is 0.0344. The molecule has 1 aromatic carbocycles. The molecular weight excluding hydrogens is 326 g/mol. The Labute approximate surface area is 153 Å². The maximum Gasteiger partial charge on any atom is 0.253 e. The van der Waals surface area contributed by atoms with E-state index in [1.54, 1.807) is 42.7 Å². The van der Waals surface area contributed by atoms with Crippen LogP contribution < -0.4 is 5.32 Å². The van der Waals surface area contributed by atoms with Gasteiger partial charge in [0.1, 0.15) is 0 Å². The van der Waals surface area contributed by atoms with E-state index in [4.69, 9.17) is 0 Å². The van der Waals surface area contributed by atoms with Gasteiger partial charge in [-0.05, 0) is 56.3 Å². The van der Waals surface area contributed by atoms with Crippen molar-refractivity contribution in [2.45, 2.75) is 31.7 Å². The van der Waals surface area contributed by atoms with Crippen LogP contribution in [0.2, 0.25) is 0 Å². The molecule has 5 heteroatoms. The van der Waals surface area contributed by atoms with Crippen molar-refractivity contribution in [1.29, 1.82) is 0 Å². The molecule has 1 amide bonds. The Morgan fingerprint density at radius 2 is 1.65 bits per heavy atom. The monoisotopic (exact) mass is 351 g/mol. The maximum absolute atomic E-state index is 12.7. The summed E-state index contributed by atoms with van der Waals surface area (Å²) in [7, 11) is 0. The van der Waals surface area contributed by atoms with Gasteiger partial charge < -0.3 is 15.2 Å². The number of nitrogens with zero attached hydrogens (tertiary/aromatic N) is 1. The number of hydrogen-bond acceptors (Lipinski definition) is 3. The van der Waals surface area contributed by atoms with Gasteiger partial charge >= 0.3 is 0 Å². The van der Waals surface area contributed by atoms with E-state index in [9.17, 15) is 9.59 Å². The zero-order chi connectivity index (χ0) is 17.9. The van der Waals surface area contributed by atoms with Crippen molar-refractivity contribution in [1.82, 2.24) is 15.2 Å². The molecule has 2 aromatic rings. The molecule has 2 heterocycles. The maximum atomic E-state index is 12.7. The van der Waals surface area contributed by atoms with Crippen LogP contribution in [0.3, 0.4) is 0 Å². The summed E-state index contributed by atoms with van der Waals surface area (Å²) < 4.78 is 0. The van der Waals surface area contributed by atoms with Crippen LogP contribution in [0.5, 0.6) is 0 Å². The van der Waals surface area contributed by atoms with Crippen LogP contribution in [0.15, 0.2) is 42.7 Å². The van der Waals surface area contributed by atoms with Gasteiger partial charge in [-0.3, -0.25) is 9.59 Å². The fraction of sp³-hybridized carbons (Fsp3) is 0.429. The van der Waals surface area contributed by atoms with Gasteiger partial charge in [-0.25, -0.2) is 0 Å². The second-order valence-corrected chi connectivity index (χ2v) is 7.42. The number of amides is 1. The number of carbonyl (C=O) groups excluding carboxylic acids is 2. The quantitative estimate of drug-likeness (QED) is 0.787. The lowest BCUT2D eigenvalue weighted by atomic mass is 10.0. The Morgan fingerprint density at radius 1 is 0.962 bits per heavy atom. The molecule has 5 nitrogen and oxygen atoms in total. The van der Waals surface area contributed by atoms with Gasteiger partial charge in [-0.2, -0.15) is 0 Å². The van der Waals surface area contributed by atoms with Crippen molar-refractivity contribution in [3.05, 3.63) is 59.4 Å².